The van der Waals surface area contributed by atoms with Crippen molar-refractivity contribution in [2.75, 3.05) is 11.4 Å². The van der Waals surface area contributed by atoms with E-state index in [-0.39, 0.29) is 5.91 Å². The van der Waals surface area contributed by atoms with Crippen LogP contribution >= 0.6 is 0 Å². The van der Waals surface area contributed by atoms with Crippen molar-refractivity contribution < 1.29 is 9.53 Å². The van der Waals surface area contributed by atoms with Gasteiger partial charge in [-0.15, -0.1) is 0 Å². The van der Waals surface area contributed by atoms with Gasteiger partial charge in [-0.3, -0.25) is 9.78 Å². The fourth-order valence-corrected chi connectivity index (χ4v) is 2.44. The Labute approximate surface area is 151 Å². The molecule has 2 aromatic heterocycles. The fraction of sp³-hybridized carbons (Fsp3) is 0.100. The number of para-hydroxylation sites is 1. The molecule has 26 heavy (non-hydrogen) atoms. The Kier molecular flexibility index (Phi) is 5.20. The van der Waals surface area contributed by atoms with Crippen LogP contribution in [0.3, 0.4) is 0 Å². The molecule has 1 aromatic carbocycles. The van der Waals surface area contributed by atoms with Crippen LogP contribution in [0.25, 0.3) is 0 Å². The number of aromatic nitrogens is 2. The van der Waals surface area contributed by atoms with Crippen molar-refractivity contribution in [1.29, 1.82) is 5.26 Å². The molecule has 0 unspecified atom stereocenters. The maximum atomic E-state index is 12.7. The Morgan fingerprint density at radius 2 is 2.00 bits per heavy atom. The second kappa shape index (κ2) is 7.90. The van der Waals surface area contributed by atoms with Gasteiger partial charge >= 0.3 is 0 Å². The average molecular weight is 344 g/mol. The number of pyridine rings is 2. The SMILES string of the molecule is CCN(C(=O)c1ccc(Oc2ccccc2C#N)nc1)c1cccnc1. The van der Waals surface area contributed by atoms with E-state index in [1.165, 1.54) is 6.20 Å². The van der Waals surface area contributed by atoms with Crippen LogP contribution in [-0.2, 0) is 0 Å². The molecule has 0 radical (unpaired) electrons. The van der Waals surface area contributed by atoms with Gasteiger partial charge in [0.15, 0.2) is 0 Å². The molecule has 0 aliphatic heterocycles. The smallest absolute Gasteiger partial charge is 0.259 e. The fourth-order valence-electron chi connectivity index (χ4n) is 2.44. The lowest BCUT2D eigenvalue weighted by Crippen LogP contribution is -2.30. The molecule has 6 nitrogen and oxygen atoms in total. The highest BCUT2D eigenvalue weighted by Gasteiger charge is 2.17. The van der Waals surface area contributed by atoms with Crippen LogP contribution in [0.5, 0.6) is 11.6 Å². The highest BCUT2D eigenvalue weighted by molar-refractivity contribution is 6.05. The van der Waals surface area contributed by atoms with Gasteiger partial charge in [0.1, 0.15) is 11.8 Å². The van der Waals surface area contributed by atoms with E-state index in [9.17, 15) is 4.79 Å². The van der Waals surface area contributed by atoms with Crippen molar-refractivity contribution >= 4 is 11.6 Å². The number of ether oxygens (including phenoxy) is 1. The van der Waals surface area contributed by atoms with Crippen LogP contribution in [-0.4, -0.2) is 22.4 Å². The molecule has 0 saturated carbocycles. The van der Waals surface area contributed by atoms with Crippen molar-refractivity contribution in [2.45, 2.75) is 6.92 Å². The topological polar surface area (TPSA) is 79.1 Å². The Morgan fingerprint density at radius 1 is 1.15 bits per heavy atom. The number of anilines is 1. The van der Waals surface area contributed by atoms with E-state index < -0.39 is 0 Å². The second-order valence-corrected chi connectivity index (χ2v) is 5.36. The lowest BCUT2D eigenvalue weighted by atomic mass is 10.2. The molecule has 3 rings (SSSR count). The summed E-state index contributed by atoms with van der Waals surface area (Å²) in [5.41, 5.74) is 1.59. The number of carbonyl (C=O) groups excluding carboxylic acids is 1. The molecule has 0 atom stereocenters. The van der Waals surface area contributed by atoms with Gasteiger partial charge in [0.05, 0.1) is 23.0 Å². The molecule has 0 spiro atoms. The molecule has 128 valence electrons. The minimum atomic E-state index is -0.169. The molecular formula is C20H16N4O2. The number of nitrogens with zero attached hydrogens (tertiary/aromatic N) is 4. The number of rotatable bonds is 5. The maximum Gasteiger partial charge on any atom is 0.259 e. The summed E-state index contributed by atoms with van der Waals surface area (Å²) >= 11 is 0. The summed E-state index contributed by atoms with van der Waals surface area (Å²) in [6.45, 7) is 2.41. The van der Waals surface area contributed by atoms with Gasteiger partial charge < -0.3 is 9.64 Å². The van der Waals surface area contributed by atoms with Crippen LogP contribution in [0.2, 0.25) is 0 Å². The van der Waals surface area contributed by atoms with Gasteiger partial charge in [-0.25, -0.2) is 4.98 Å². The zero-order valence-corrected chi connectivity index (χ0v) is 14.2. The summed E-state index contributed by atoms with van der Waals surface area (Å²) in [7, 11) is 0. The van der Waals surface area contributed by atoms with E-state index in [1.807, 2.05) is 13.0 Å². The van der Waals surface area contributed by atoms with Crippen molar-refractivity contribution in [3.05, 3.63) is 78.2 Å². The number of carbonyl (C=O) groups is 1. The molecule has 0 N–H and O–H groups in total. The first kappa shape index (κ1) is 17.1. The first-order chi connectivity index (χ1) is 12.7. The summed E-state index contributed by atoms with van der Waals surface area (Å²) in [4.78, 5) is 22.6. The Bertz CT molecular complexity index is 934. The van der Waals surface area contributed by atoms with E-state index in [2.05, 4.69) is 16.0 Å². The van der Waals surface area contributed by atoms with Crippen molar-refractivity contribution in [3.8, 4) is 17.7 Å². The van der Waals surface area contributed by atoms with Gasteiger partial charge in [-0.05, 0) is 37.3 Å². The summed E-state index contributed by atoms with van der Waals surface area (Å²) in [6, 6.07) is 15.8. The van der Waals surface area contributed by atoms with Crippen LogP contribution in [0.4, 0.5) is 5.69 Å². The van der Waals surface area contributed by atoms with Gasteiger partial charge in [-0.2, -0.15) is 5.26 Å². The van der Waals surface area contributed by atoms with Crippen molar-refractivity contribution in [3.63, 3.8) is 0 Å². The molecule has 0 aliphatic carbocycles. The van der Waals surface area contributed by atoms with E-state index in [0.29, 0.717) is 29.3 Å². The highest BCUT2D eigenvalue weighted by atomic mass is 16.5. The standard InChI is InChI=1S/C20H16N4O2/c1-2-24(17-7-5-11-22-14-17)20(25)16-9-10-19(23-13-16)26-18-8-4-3-6-15(18)12-21/h3-11,13-14H,2H2,1H3. The molecule has 1 amide bonds. The van der Waals surface area contributed by atoms with Crippen molar-refractivity contribution in [1.82, 2.24) is 9.97 Å². The largest absolute Gasteiger partial charge is 0.438 e. The summed E-state index contributed by atoms with van der Waals surface area (Å²) < 4.78 is 5.64. The zero-order chi connectivity index (χ0) is 18.4. The summed E-state index contributed by atoms with van der Waals surface area (Å²) in [5, 5.41) is 9.10. The van der Waals surface area contributed by atoms with Crippen LogP contribution in [0, 0.1) is 11.3 Å². The lowest BCUT2D eigenvalue weighted by Gasteiger charge is -2.20. The first-order valence-corrected chi connectivity index (χ1v) is 8.08. The normalized spacial score (nSPS) is 10.0. The van der Waals surface area contributed by atoms with Crippen LogP contribution in [0.15, 0.2) is 67.1 Å². The number of hydrogen-bond acceptors (Lipinski definition) is 5. The molecule has 0 aliphatic rings. The summed E-state index contributed by atoms with van der Waals surface area (Å²) in [6.07, 6.45) is 4.77. The van der Waals surface area contributed by atoms with Crippen molar-refractivity contribution in [2.24, 2.45) is 0 Å². The highest BCUT2D eigenvalue weighted by Crippen LogP contribution is 2.23. The van der Waals surface area contributed by atoms with Crippen LogP contribution < -0.4 is 9.64 Å². The monoisotopic (exact) mass is 344 g/mol. The third-order valence-electron chi connectivity index (χ3n) is 3.72. The molecule has 0 saturated heterocycles. The molecule has 0 fully saturated rings. The Balaban J connectivity index is 1.79. The second-order valence-electron chi connectivity index (χ2n) is 5.36. The molecule has 2 heterocycles. The minimum absolute atomic E-state index is 0.169. The quantitative estimate of drug-likeness (QED) is 0.703. The maximum absolute atomic E-state index is 12.7. The molecular weight excluding hydrogens is 328 g/mol. The predicted molar refractivity (Wildman–Crippen MR) is 97.1 cm³/mol. The van der Waals surface area contributed by atoms with E-state index >= 15 is 0 Å². The number of benzene rings is 1. The number of nitriles is 1. The van der Waals surface area contributed by atoms with Gasteiger partial charge in [0.25, 0.3) is 5.91 Å². The van der Waals surface area contributed by atoms with Crippen LogP contribution in [0.1, 0.15) is 22.8 Å². The third kappa shape index (κ3) is 3.68. The first-order valence-electron chi connectivity index (χ1n) is 8.08. The van der Waals surface area contributed by atoms with Gasteiger partial charge in [0.2, 0.25) is 5.88 Å². The Hall–Kier alpha value is -3.72. The minimum Gasteiger partial charge on any atom is -0.438 e. The van der Waals surface area contributed by atoms with E-state index in [0.717, 1.165) is 5.69 Å². The predicted octanol–water partition coefficient (Wildman–Crippen LogP) is 3.81. The number of hydrogen-bond donors (Lipinski definition) is 0. The summed E-state index contributed by atoms with van der Waals surface area (Å²) in [5.74, 6) is 0.567. The molecule has 6 heteroatoms. The zero-order valence-electron chi connectivity index (χ0n) is 14.2. The van der Waals surface area contributed by atoms with E-state index in [4.69, 9.17) is 10.00 Å². The average Bonchev–Trinajstić information content (AvgIpc) is 2.70. The lowest BCUT2D eigenvalue weighted by molar-refractivity contribution is 0.0988. The van der Waals surface area contributed by atoms with Gasteiger partial charge in [-0.1, -0.05) is 12.1 Å². The third-order valence-corrected chi connectivity index (χ3v) is 3.72. The Morgan fingerprint density at radius 3 is 2.65 bits per heavy atom. The number of amides is 1. The van der Waals surface area contributed by atoms with Gasteiger partial charge in [0, 0.05) is 25.0 Å². The molecule has 0 bridgehead atoms. The van der Waals surface area contributed by atoms with E-state index in [1.54, 1.807) is 59.8 Å². The molecule has 3 aromatic rings.